The second-order valence-electron chi connectivity index (χ2n) is 7.70. The van der Waals surface area contributed by atoms with Crippen LogP contribution in [0, 0.1) is 11.8 Å². The molecule has 1 aromatic carbocycles. The summed E-state index contributed by atoms with van der Waals surface area (Å²) in [6.07, 6.45) is 5.99. The molecule has 3 atom stereocenters. The molecule has 4 rings (SSSR count). The van der Waals surface area contributed by atoms with E-state index in [-0.39, 0.29) is 29.6 Å². The van der Waals surface area contributed by atoms with Gasteiger partial charge in [0.1, 0.15) is 0 Å². The molecule has 0 saturated carbocycles. The lowest BCUT2D eigenvalue weighted by atomic mass is 9.80. The molecule has 1 aromatic heterocycles. The average Bonchev–Trinajstić information content (AvgIpc) is 3.24. The molecule has 3 amide bonds. The van der Waals surface area contributed by atoms with Crippen LogP contribution >= 0.6 is 11.3 Å². The van der Waals surface area contributed by atoms with Gasteiger partial charge in [-0.25, -0.2) is 9.99 Å². The molecule has 8 heteroatoms. The molecule has 1 aliphatic carbocycles. The number of hydrogen-bond donors (Lipinski definition) is 2. The van der Waals surface area contributed by atoms with Gasteiger partial charge in [-0.3, -0.25) is 25.1 Å². The van der Waals surface area contributed by atoms with Crippen molar-refractivity contribution in [3.8, 4) is 0 Å². The lowest BCUT2D eigenvalue weighted by Crippen LogP contribution is -2.59. The molecule has 0 unspecified atom stereocenters. The van der Waals surface area contributed by atoms with Gasteiger partial charge in [0.2, 0.25) is 11.8 Å². The van der Waals surface area contributed by atoms with Gasteiger partial charge >= 0.3 is 0 Å². The molecule has 1 saturated heterocycles. The molecular formula is C22H24N4O3S. The Morgan fingerprint density at radius 2 is 2.07 bits per heavy atom. The van der Waals surface area contributed by atoms with Gasteiger partial charge in [0.15, 0.2) is 5.13 Å². The highest BCUT2D eigenvalue weighted by molar-refractivity contribution is 7.14. The highest BCUT2D eigenvalue weighted by Gasteiger charge is 2.42. The third-order valence-electron chi connectivity index (χ3n) is 5.75. The first-order chi connectivity index (χ1) is 14.5. The predicted molar refractivity (Wildman–Crippen MR) is 116 cm³/mol. The van der Waals surface area contributed by atoms with Crippen molar-refractivity contribution >= 4 is 39.9 Å². The Labute approximate surface area is 179 Å². The van der Waals surface area contributed by atoms with Gasteiger partial charge in [0.25, 0.3) is 5.91 Å². The number of amides is 3. The van der Waals surface area contributed by atoms with Crippen LogP contribution in [0.5, 0.6) is 0 Å². The van der Waals surface area contributed by atoms with Crippen molar-refractivity contribution in [2.45, 2.75) is 39.0 Å². The maximum Gasteiger partial charge on any atom is 0.257 e. The lowest BCUT2D eigenvalue weighted by Gasteiger charge is -2.38. The molecule has 0 bridgehead atoms. The quantitative estimate of drug-likeness (QED) is 0.713. The predicted octanol–water partition coefficient (Wildman–Crippen LogP) is 3.87. The van der Waals surface area contributed by atoms with Gasteiger partial charge in [-0.05, 0) is 43.4 Å². The third-order valence-corrected chi connectivity index (χ3v) is 6.53. The van der Waals surface area contributed by atoms with Crippen molar-refractivity contribution in [3.05, 3.63) is 53.1 Å². The zero-order chi connectivity index (χ0) is 21.3. The molecule has 2 aromatic rings. The second kappa shape index (κ2) is 8.39. The Balaban J connectivity index is 1.51. The van der Waals surface area contributed by atoms with E-state index in [1.54, 1.807) is 24.3 Å². The Morgan fingerprint density at radius 1 is 1.30 bits per heavy atom. The van der Waals surface area contributed by atoms with E-state index in [0.717, 1.165) is 12.1 Å². The summed E-state index contributed by atoms with van der Waals surface area (Å²) in [5, 5.41) is 6.59. The van der Waals surface area contributed by atoms with Gasteiger partial charge in [0.05, 0.1) is 23.2 Å². The number of hydrogen-bond acceptors (Lipinski definition) is 5. The molecule has 1 aliphatic heterocycles. The van der Waals surface area contributed by atoms with Crippen molar-refractivity contribution in [2.75, 3.05) is 10.3 Å². The number of allylic oxidation sites excluding steroid dienone is 2. The molecule has 0 spiro atoms. The third kappa shape index (κ3) is 3.87. The van der Waals surface area contributed by atoms with E-state index in [9.17, 15) is 14.4 Å². The smallest absolute Gasteiger partial charge is 0.257 e. The number of rotatable bonds is 5. The molecule has 2 aliphatic rings. The molecule has 2 N–H and O–H groups in total. The van der Waals surface area contributed by atoms with E-state index in [4.69, 9.17) is 0 Å². The van der Waals surface area contributed by atoms with E-state index in [0.29, 0.717) is 35.1 Å². The first-order valence-corrected chi connectivity index (χ1v) is 11.0. The number of anilines is 2. The molecule has 2 heterocycles. The number of fused-ring (bicyclic) bond motifs is 1. The molecule has 1 fully saturated rings. The summed E-state index contributed by atoms with van der Waals surface area (Å²) in [4.78, 5) is 42.6. The van der Waals surface area contributed by atoms with Crippen LogP contribution in [-0.4, -0.2) is 22.7 Å². The number of hydrazine groups is 1. The zero-order valence-corrected chi connectivity index (χ0v) is 17.7. The minimum Gasteiger partial charge on any atom is -0.298 e. The SMILES string of the molecule is CC[C@H](C)c1csc(NC(=O)c2cccc(N3NC(=O)[C@@H]4CC=CC[C@@H]4C3=O)c2)n1. The standard InChI is InChI=1S/C22H24N4O3S/c1-3-13(2)18-12-30-22(23-18)24-19(27)14-7-6-8-15(11-14)26-21(29)17-10-5-4-9-16(17)20(28)25-26/h4-8,11-13,16-17H,3,9-10H2,1-2H3,(H,25,28)(H,23,24,27)/t13-,16+,17-/m0/s1. The highest BCUT2D eigenvalue weighted by atomic mass is 32.1. The molecule has 156 valence electrons. The maximum atomic E-state index is 12.9. The summed E-state index contributed by atoms with van der Waals surface area (Å²) in [6, 6.07) is 6.68. The number of nitrogens with one attached hydrogen (secondary N) is 2. The van der Waals surface area contributed by atoms with Crippen LogP contribution in [0.1, 0.15) is 55.1 Å². The van der Waals surface area contributed by atoms with Crippen molar-refractivity contribution in [2.24, 2.45) is 11.8 Å². The fraction of sp³-hybridized carbons (Fsp3) is 0.364. The summed E-state index contributed by atoms with van der Waals surface area (Å²) < 4.78 is 0. The van der Waals surface area contributed by atoms with Gasteiger partial charge < -0.3 is 0 Å². The first-order valence-electron chi connectivity index (χ1n) is 10.1. The van der Waals surface area contributed by atoms with E-state index in [1.807, 2.05) is 17.5 Å². The van der Waals surface area contributed by atoms with E-state index in [2.05, 4.69) is 29.6 Å². The lowest BCUT2D eigenvalue weighted by molar-refractivity contribution is -0.139. The second-order valence-corrected chi connectivity index (χ2v) is 8.55. The topological polar surface area (TPSA) is 91.4 Å². The maximum absolute atomic E-state index is 12.9. The highest BCUT2D eigenvalue weighted by Crippen LogP contribution is 2.32. The molecule has 7 nitrogen and oxygen atoms in total. The van der Waals surface area contributed by atoms with Crippen molar-refractivity contribution < 1.29 is 14.4 Å². The normalized spacial score (nSPS) is 21.7. The number of aromatic nitrogens is 1. The summed E-state index contributed by atoms with van der Waals surface area (Å²) in [5.74, 6) is -0.984. The van der Waals surface area contributed by atoms with Crippen LogP contribution in [0.2, 0.25) is 0 Å². The Morgan fingerprint density at radius 3 is 2.83 bits per heavy atom. The van der Waals surface area contributed by atoms with Gasteiger partial charge in [-0.2, -0.15) is 0 Å². The molecular weight excluding hydrogens is 400 g/mol. The summed E-state index contributed by atoms with van der Waals surface area (Å²) >= 11 is 1.39. The van der Waals surface area contributed by atoms with Crippen LogP contribution < -0.4 is 15.8 Å². The molecule has 30 heavy (non-hydrogen) atoms. The summed E-state index contributed by atoms with van der Waals surface area (Å²) in [6.45, 7) is 4.20. The number of benzene rings is 1. The van der Waals surface area contributed by atoms with Crippen molar-refractivity contribution in [3.63, 3.8) is 0 Å². The number of nitrogens with zero attached hydrogens (tertiary/aromatic N) is 2. The van der Waals surface area contributed by atoms with Crippen LogP contribution in [-0.2, 0) is 9.59 Å². The Bertz CT molecular complexity index is 1020. The number of carbonyl (C=O) groups is 3. The van der Waals surface area contributed by atoms with Crippen LogP contribution in [0.3, 0.4) is 0 Å². The van der Waals surface area contributed by atoms with Crippen LogP contribution in [0.4, 0.5) is 10.8 Å². The fourth-order valence-electron chi connectivity index (χ4n) is 3.72. The summed E-state index contributed by atoms with van der Waals surface area (Å²) in [5.41, 5.74) is 4.51. The first kappa shape index (κ1) is 20.3. The van der Waals surface area contributed by atoms with E-state index < -0.39 is 0 Å². The van der Waals surface area contributed by atoms with E-state index in [1.165, 1.54) is 16.3 Å². The van der Waals surface area contributed by atoms with Crippen molar-refractivity contribution in [1.29, 1.82) is 0 Å². The van der Waals surface area contributed by atoms with Crippen molar-refractivity contribution in [1.82, 2.24) is 10.4 Å². The van der Waals surface area contributed by atoms with E-state index >= 15 is 0 Å². The largest absolute Gasteiger partial charge is 0.298 e. The number of thiazole rings is 1. The minimum absolute atomic E-state index is 0.153. The Hall–Kier alpha value is -3.00. The number of carbonyl (C=O) groups excluding carboxylic acids is 3. The van der Waals surface area contributed by atoms with Crippen LogP contribution in [0.25, 0.3) is 0 Å². The van der Waals surface area contributed by atoms with Crippen LogP contribution in [0.15, 0.2) is 41.8 Å². The fourth-order valence-corrected chi connectivity index (χ4v) is 4.54. The monoisotopic (exact) mass is 424 g/mol. The average molecular weight is 425 g/mol. The minimum atomic E-state index is -0.365. The van der Waals surface area contributed by atoms with Gasteiger partial charge in [-0.15, -0.1) is 11.3 Å². The van der Waals surface area contributed by atoms with Gasteiger partial charge in [0, 0.05) is 10.9 Å². The van der Waals surface area contributed by atoms with Gasteiger partial charge in [-0.1, -0.05) is 32.1 Å². The zero-order valence-electron chi connectivity index (χ0n) is 16.9. The molecule has 0 radical (unpaired) electrons. The summed E-state index contributed by atoms with van der Waals surface area (Å²) in [7, 11) is 0. The Kier molecular flexibility index (Phi) is 5.67.